The lowest BCUT2D eigenvalue weighted by Gasteiger charge is -2.26. The van der Waals surface area contributed by atoms with Gasteiger partial charge in [0.2, 0.25) is 0 Å². The van der Waals surface area contributed by atoms with Crippen LogP contribution in [0.4, 0.5) is 0 Å². The Bertz CT molecular complexity index is 499. The fraction of sp³-hybridized carbons (Fsp3) is 0.333. The molecule has 0 aliphatic rings. The zero-order chi connectivity index (χ0) is 13.7. The van der Waals surface area contributed by atoms with Crippen molar-refractivity contribution in [2.75, 3.05) is 6.54 Å². The molecule has 2 atom stereocenters. The molecule has 2 unspecified atom stereocenters. The van der Waals surface area contributed by atoms with Crippen LogP contribution in [-0.2, 0) is 5.60 Å². The summed E-state index contributed by atoms with van der Waals surface area (Å²) in [5, 5.41) is 13.8. The van der Waals surface area contributed by atoms with Crippen LogP contribution in [0, 0.1) is 0 Å². The van der Waals surface area contributed by atoms with Crippen molar-refractivity contribution in [3.8, 4) is 0 Å². The van der Waals surface area contributed by atoms with Gasteiger partial charge in [-0.2, -0.15) is 0 Å². The average Bonchev–Trinajstić information content (AvgIpc) is 2.47. The summed E-state index contributed by atoms with van der Waals surface area (Å²) in [4.78, 5) is 8.29. The first-order valence-corrected chi connectivity index (χ1v) is 6.37. The van der Waals surface area contributed by atoms with E-state index in [2.05, 4.69) is 15.3 Å². The zero-order valence-corrected chi connectivity index (χ0v) is 11.2. The number of nitrogens with one attached hydrogen (secondary N) is 1. The highest BCUT2D eigenvalue weighted by atomic mass is 16.3. The van der Waals surface area contributed by atoms with E-state index in [1.807, 2.05) is 37.3 Å². The van der Waals surface area contributed by atoms with Crippen LogP contribution in [0.2, 0.25) is 0 Å². The highest BCUT2D eigenvalue weighted by Gasteiger charge is 2.23. The van der Waals surface area contributed by atoms with Gasteiger partial charge >= 0.3 is 0 Å². The fourth-order valence-corrected chi connectivity index (χ4v) is 1.89. The van der Waals surface area contributed by atoms with Gasteiger partial charge in [0.1, 0.15) is 0 Å². The van der Waals surface area contributed by atoms with Crippen LogP contribution < -0.4 is 5.32 Å². The molecule has 0 aliphatic heterocycles. The van der Waals surface area contributed by atoms with E-state index in [0.29, 0.717) is 6.54 Å². The maximum Gasteiger partial charge on any atom is 0.0992 e. The van der Waals surface area contributed by atoms with Crippen LogP contribution >= 0.6 is 0 Å². The fourth-order valence-electron chi connectivity index (χ4n) is 1.89. The zero-order valence-electron chi connectivity index (χ0n) is 11.2. The topological polar surface area (TPSA) is 58.0 Å². The first-order valence-electron chi connectivity index (χ1n) is 6.37. The third-order valence-corrected chi connectivity index (χ3v) is 3.17. The SMILES string of the molecule is CC(NCC(C)(O)c1ccccc1)c1cnccn1. The molecular weight excluding hydrogens is 238 g/mol. The van der Waals surface area contributed by atoms with E-state index in [1.54, 1.807) is 25.5 Å². The Hall–Kier alpha value is -1.78. The van der Waals surface area contributed by atoms with E-state index in [0.717, 1.165) is 11.3 Å². The summed E-state index contributed by atoms with van der Waals surface area (Å²) < 4.78 is 0. The van der Waals surface area contributed by atoms with Gasteiger partial charge in [-0.3, -0.25) is 9.97 Å². The summed E-state index contributed by atoms with van der Waals surface area (Å²) >= 11 is 0. The first kappa shape index (κ1) is 13.6. The lowest BCUT2D eigenvalue weighted by atomic mass is 9.96. The number of benzene rings is 1. The Labute approximate surface area is 113 Å². The Balaban J connectivity index is 1.99. The Morgan fingerprint density at radius 2 is 2.00 bits per heavy atom. The molecule has 1 aromatic heterocycles. The van der Waals surface area contributed by atoms with Crippen LogP contribution in [0.1, 0.15) is 31.1 Å². The number of aliphatic hydroxyl groups is 1. The molecule has 0 saturated carbocycles. The molecule has 2 N–H and O–H groups in total. The molecule has 100 valence electrons. The van der Waals surface area contributed by atoms with Gasteiger partial charge in [-0.1, -0.05) is 30.3 Å². The van der Waals surface area contributed by atoms with Crippen LogP contribution in [0.5, 0.6) is 0 Å². The summed E-state index contributed by atoms with van der Waals surface area (Å²) in [6, 6.07) is 9.69. The lowest BCUT2D eigenvalue weighted by Crippen LogP contribution is -2.36. The highest BCUT2D eigenvalue weighted by Crippen LogP contribution is 2.20. The number of aromatic nitrogens is 2. The van der Waals surface area contributed by atoms with Crippen molar-refractivity contribution in [3.63, 3.8) is 0 Å². The van der Waals surface area contributed by atoms with E-state index in [4.69, 9.17) is 0 Å². The van der Waals surface area contributed by atoms with E-state index in [9.17, 15) is 5.11 Å². The van der Waals surface area contributed by atoms with Crippen LogP contribution in [-0.4, -0.2) is 21.6 Å². The largest absolute Gasteiger partial charge is 0.384 e. The summed E-state index contributed by atoms with van der Waals surface area (Å²) in [5.74, 6) is 0. The molecule has 1 aromatic carbocycles. The second-order valence-corrected chi connectivity index (χ2v) is 4.87. The third-order valence-electron chi connectivity index (χ3n) is 3.17. The molecule has 0 fully saturated rings. The quantitative estimate of drug-likeness (QED) is 0.860. The maximum atomic E-state index is 10.5. The number of rotatable bonds is 5. The summed E-state index contributed by atoms with van der Waals surface area (Å²) in [5.41, 5.74) is 0.859. The van der Waals surface area contributed by atoms with Crippen LogP contribution in [0.3, 0.4) is 0 Å². The van der Waals surface area contributed by atoms with Gasteiger partial charge in [-0.25, -0.2) is 0 Å². The first-order chi connectivity index (χ1) is 9.09. The van der Waals surface area contributed by atoms with Crippen molar-refractivity contribution >= 4 is 0 Å². The van der Waals surface area contributed by atoms with Crippen molar-refractivity contribution < 1.29 is 5.11 Å². The standard InChI is InChI=1S/C15H19N3O/c1-12(14-10-16-8-9-17-14)18-11-15(2,19)13-6-4-3-5-7-13/h3-10,12,18-19H,11H2,1-2H3. The summed E-state index contributed by atoms with van der Waals surface area (Å²) in [6.45, 7) is 4.26. The monoisotopic (exact) mass is 257 g/mol. The van der Waals surface area contributed by atoms with Gasteiger partial charge in [-0.15, -0.1) is 0 Å². The van der Waals surface area contributed by atoms with E-state index < -0.39 is 5.60 Å². The minimum Gasteiger partial charge on any atom is -0.384 e. The summed E-state index contributed by atoms with van der Waals surface area (Å²) in [6.07, 6.45) is 5.05. The number of nitrogens with zero attached hydrogens (tertiary/aromatic N) is 2. The number of hydrogen-bond donors (Lipinski definition) is 2. The van der Waals surface area contributed by atoms with E-state index in [1.165, 1.54) is 0 Å². The molecule has 0 saturated heterocycles. The molecule has 2 rings (SSSR count). The van der Waals surface area contributed by atoms with E-state index in [-0.39, 0.29) is 6.04 Å². The molecule has 0 spiro atoms. The summed E-state index contributed by atoms with van der Waals surface area (Å²) in [7, 11) is 0. The Kier molecular flexibility index (Phi) is 4.24. The van der Waals surface area contributed by atoms with Crippen LogP contribution in [0.15, 0.2) is 48.9 Å². The number of hydrogen-bond acceptors (Lipinski definition) is 4. The van der Waals surface area contributed by atoms with Gasteiger partial charge < -0.3 is 10.4 Å². The van der Waals surface area contributed by atoms with Gasteiger partial charge in [0.15, 0.2) is 0 Å². The predicted octanol–water partition coefficient (Wildman–Crippen LogP) is 2.03. The van der Waals surface area contributed by atoms with Crippen molar-refractivity contribution in [1.29, 1.82) is 0 Å². The minimum absolute atomic E-state index is 0.0453. The molecule has 0 amide bonds. The molecule has 1 heterocycles. The Morgan fingerprint density at radius 3 is 2.63 bits per heavy atom. The molecule has 0 radical (unpaired) electrons. The van der Waals surface area contributed by atoms with Crippen molar-refractivity contribution in [2.45, 2.75) is 25.5 Å². The van der Waals surface area contributed by atoms with E-state index >= 15 is 0 Å². The molecule has 4 heteroatoms. The highest BCUT2D eigenvalue weighted by molar-refractivity contribution is 5.21. The second-order valence-electron chi connectivity index (χ2n) is 4.87. The third kappa shape index (κ3) is 3.59. The Morgan fingerprint density at radius 1 is 1.26 bits per heavy atom. The van der Waals surface area contributed by atoms with Crippen LogP contribution in [0.25, 0.3) is 0 Å². The predicted molar refractivity (Wildman–Crippen MR) is 74.5 cm³/mol. The van der Waals surface area contributed by atoms with Gasteiger partial charge in [0.05, 0.1) is 11.3 Å². The second kappa shape index (κ2) is 5.91. The van der Waals surface area contributed by atoms with Crippen molar-refractivity contribution in [2.24, 2.45) is 0 Å². The molecule has 2 aromatic rings. The molecule has 19 heavy (non-hydrogen) atoms. The smallest absolute Gasteiger partial charge is 0.0992 e. The van der Waals surface area contributed by atoms with Crippen molar-refractivity contribution in [1.82, 2.24) is 15.3 Å². The normalized spacial score (nSPS) is 15.7. The van der Waals surface area contributed by atoms with Gasteiger partial charge in [0.25, 0.3) is 0 Å². The van der Waals surface area contributed by atoms with Crippen molar-refractivity contribution in [3.05, 3.63) is 60.2 Å². The maximum absolute atomic E-state index is 10.5. The molecule has 4 nitrogen and oxygen atoms in total. The van der Waals surface area contributed by atoms with Gasteiger partial charge in [0, 0.05) is 31.2 Å². The minimum atomic E-state index is -0.905. The molecular formula is C15H19N3O. The molecule has 0 bridgehead atoms. The lowest BCUT2D eigenvalue weighted by molar-refractivity contribution is 0.0542. The molecule has 0 aliphatic carbocycles. The average molecular weight is 257 g/mol. The van der Waals surface area contributed by atoms with Gasteiger partial charge in [-0.05, 0) is 19.4 Å².